The predicted molar refractivity (Wildman–Crippen MR) is 135 cm³/mol. The molecular weight excluding hydrogens is 482 g/mol. The van der Waals surface area contributed by atoms with Gasteiger partial charge in [-0.15, -0.1) is 0 Å². The molecule has 0 spiro atoms. The van der Waals surface area contributed by atoms with Crippen molar-refractivity contribution in [2.24, 2.45) is 0 Å². The number of fused-ring (bicyclic) bond motifs is 1. The van der Waals surface area contributed by atoms with Gasteiger partial charge in [0.2, 0.25) is 5.69 Å². The fourth-order valence-electron chi connectivity index (χ4n) is 4.65. The summed E-state index contributed by atoms with van der Waals surface area (Å²) in [6.45, 7) is 3.23. The average molecular weight is 518 g/mol. The molecule has 0 radical (unpaired) electrons. The lowest BCUT2D eigenvalue weighted by Gasteiger charge is -2.28. The van der Waals surface area contributed by atoms with Crippen molar-refractivity contribution in [1.82, 2.24) is 19.6 Å². The number of benzene rings is 1. The zero-order valence-corrected chi connectivity index (χ0v) is 20.9. The molecule has 37 heavy (non-hydrogen) atoms. The summed E-state index contributed by atoms with van der Waals surface area (Å²) in [4.78, 5) is 41.6. The lowest BCUT2D eigenvalue weighted by molar-refractivity contribution is -0.613. The second-order valence-corrected chi connectivity index (χ2v) is 9.31. The van der Waals surface area contributed by atoms with Gasteiger partial charge in [-0.25, -0.2) is 0 Å². The van der Waals surface area contributed by atoms with Crippen molar-refractivity contribution in [3.8, 4) is 0 Å². The van der Waals surface area contributed by atoms with Crippen molar-refractivity contribution < 1.29 is 34.4 Å². The molecule has 0 amide bonds. The molecule has 0 aliphatic carbocycles. The molecule has 1 saturated heterocycles. The SMILES string of the molecule is O=C(O)CN1CCCN(Cc2c3ccccc3cc[n+]2[O-])CCN(CC(=O)O)CCN(CC(=O)O)CC1. The Balaban J connectivity index is 1.83. The normalized spacial score (nSPS) is 18.1. The number of carboxylic acid groups (broad SMARTS) is 3. The van der Waals surface area contributed by atoms with Crippen molar-refractivity contribution >= 4 is 28.7 Å². The molecule has 1 aromatic carbocycles. The molecule has 0 bridgehead atoms. The third-order valence-corrected chi connectivity index (χ3v) is 6.52. The van der Waals surface area contributed by atoms with E-state index in [-0.39, 0.29) is 19.6 Å². The number of hydrogen-bond donors (Lipinski definition) is 3. The molecule has 0 saturated carbocycles. The number of aromatic nitrogens is 1. The first-order chi connectivity index (χ1) is 17.7. The molecule has 3 N–H and O–H groups in total. The summed E-state index contributed by atoms with van der Waals surface area (Å²) in [6, 6.07) is 9.41. The molecule has 0 atom stereocenters. The number of aliphatic carboxylic acids is 3. The van der Waals surface area contributed by atoms with Gasteiger partial charge in [-0.2, -0.15) is 4.73 Å². The number of pyridine rings is 1. The van der Waals surface area contributed by atoms with Crippen LogP contribution >= 0.6 is 0 Å². The summed E-state index contributed by atoms with van der Waals surface area (Å²) >= 11 is 0. The van der Waals surface area contributed by atoms with Gasteiger partial charge in [0.05, 0.1) is 31.6 Å². The third kappa shape index (κ3) is 9.25. The summed E-state index contributed by atoms with van der Waals surface area (Å²) in [5, 5.41) is 42.6. The summed E-state index contributed by atoms with van der Waals surface area (Å²) in [5.74, 6) is -2.92. The Morgan fingerprint density at radius 2 is 1.16 bits per heavy atom. The van der Waals surface area contributed by atoms with Gasteiger partial charge in [-0.05, 0) is 24.4 Å². The van der Waals surface area contributed by atoms with Crippen LogP contribution in [0.2, 0.25) is 0 Å². The fourth-order valence-corrected chi connectivity index (χ4v) is 4.65. The highest BCUT2D eigenvalue weighted by atomic mass is 16.5. The van der Waals surface area contributed by atoms with E-state index in [0.29, 0.717) is 71.0 Å². The Kier molecular flexibility index (Phi) is 10.6. The van der Waals surface area contributed by atoms with Crippen LogP contribution < -0.4 is 4.73 Å². The second kappa shape index (κ2) is 13.8. The van der Waals surface area contributed by atoms with Gasteiger partial charge in [0.15, 0.2) is 6.20 Å². The maximum Gasteiger partial charge on any atom is 0.317 e. The molecule has 12 nitrogen and oxygen atoms in total. The summed E-state index contributed by atoms with van der Waals surface area (Å²) < 4.78 is 0.860. The molecule has 1 aromatic heterocycles. The van der Waals surface area contributed by atoms with Gasteiger partial charge >= 0.3 is 17.9 Å². The molecular formula is C25H35N5O7. The van der Waals surface area contributed by atoms with Crippen LogP contribution in [0.1, 0.15) is 12.1 Å². The van der Waals surface area contributed by atoms with Crippen LogP contribution in [0.4, 0.5) is 0 Å². The molecule has 3 rings (SSSR count). The van der Waals surface area contributed by atoms with E-state index in [4.69, 9.17) is 0 Å². The Hall–Kier alpha value is -3.32. The summed E-state index contributed by atoms with van der Waals surface area (Å²) in [5.41, 5.74) is 0.599. The van der Waals surface area contributed by atoms with E-state index in [1.165, 1.54) is 6.20 Å². The van der Waals surface area contributed by atoms with Gasteiger partial charge < -0.3 is 20.5 Å². The van der Waals surface area contributed by atoms with E-state index in [0.717, 1.165) is 15.5 Å². The van der Waals surface area contributed by atoms with Gasteiger partial charge in [0.25, 0.3) is 0 Å². The van der Waals surface area contributed by atoms with Gasteiger partial charge in [0, 0.05) is 51.9 Å². The quantitative estimate of drug-likeness (QED) is 0.316. The highest BCUT2D eigenvalue weighted by Crippen LogP contribution is 2.17. The summed E-state index contributed by atoms with van der Waals surface area (Å²) in [7, 11) is 0. The number of carbonyl (C=O) groups is 3. The van der Waals surface area contributed by atoms with Gasteiger partial charge in [0.1, 0.15) is 0 Å². The van der Waals surface area contributed by atoms with E-state index < -0.39 is 17.9 Å². The Morgan fingerprint density at radius 3 is 1.70 bits per heavy atom. The molecule has 12 heteroatoms. The van der Waals surface area contributed by atoms with Crippen molar-refractivity contribution in [2.45, 2.75) is 13.0 Å². The number of rotatable bonds is 8. The second-order valence-electron chi connectivity index (χ2n) is 9.31. The number of nitrogens with zero attached hydrogens (tertiary/aromatic N) is 5. The predicted octanol–water partition coefficient (Wildman–Crippen LogP) is -0.161. The lowest BCUT2D eigenvalue weighted by atomic mass is 10.1. The minimum atomic E-state index is -0.994. The summed E-state index contributed by atoms with van der Waals surface area (Å²) in [6.07, 6.45) is 2.12. The van der Waals surface area contributed by atoms with Crippen molar-refractivity contribution in [1.29, 1.82) is 0 Å². The highest BCUT2D eigenvalue weighted by Gasteiger charge is 2.21. The lowest BCUT2D eigenvalue weighted by Crippen LogP contribution is -2.44. The molecule has 1 fully saturated rings. The Morgan fingerprint density at radius 1 is 0.703 bits per heavy atom. The highest BCUT2D eigenvalue weighted by molar-refractivity contribution is 5.83. The number of hydrogen-bond acceptors (Lipinski definition) is 8. The van der Waals surface area contributed by atoms with E-state index >= 15 is 0 Å². The van der Waals surface area contributed by atoms with E-state index in [1.54, 1.807) is 20.8 Å². The average Bonchev–Trinajstić information content (AvgIpc) is 2.84. The molecule has 1 aliphatic heterocycles. The first-order valence-electron chi connectivity index (χ1n) is 12.4. The zero-order chi connectivity index (χ0) is 26.8. The molecule has 2 heterocycles. The maximum absolute atomic E-state index is 12.7. The van der Waals surface area contributed by atoms with Gasteiger partial charge in [-0.3, -0.25) is 34.0 Å². The van der Waals surface area contributed by atoms with Crippen LogP contribution in [0.25, 0.3) is 10.8 Å². The topological polar surface area (TPSA) is 152 Å². The van der Waals surface area contributed by atoms with Crippen LogP contribution in [-0.4, -0.2) is 125 Å². The first-order valence-corrected chi connectivity index (χ1v) is 12.4. The first kappa shape index (κ1) is 28.3. The monoisotopic (exact) mass is 517 g/mol. The molecule has 0 unspecified atom stereocenters. The van der Waals surface area contributed by atoms with Crippen molar-refractivity contribution in [3.05, 3.63) is 47.4 Å². The van der Waals surface area contributed by atoms with Crippen LogP contribution in [-0.2, 0) is 20.9 Å². The Bertz CT molecular complexity index is 1080. The minimum absolute atomic E-state index is 0.157. The number of carboxylic acids is 3. The van der Waals surface area contributed by atoms with Crippen LogP contribution in [0.15, 0.2) is 36.5 Å². The van der Waals surface area contributed by atoms with Gasteiger partial charge in [-0.1, -0.05) is 18.2 Å². The smallest absolute Gasteiger partial charge is 0.317 e. The van der Waals surface area contributed by atoms with E-state index in [2.05, 4.69) is 4.90 Å². The maximum atomic E-state index is 12.7. The van der Waals surface area contributed by atoms with E-state index in [9.17, 15) is 34.9 Å². The molecule has 202 valence electrons. The Labute approximate surface area is 215 Å². The minimum Gasteiger partial charge on any atom is -0.618 e. The van der Waals surface area contributed by atoms with Crippen molar-refractivity contribution in [3.63, 3.8) is 0 Å². The van der Waals surface area contributed by atoms with Crippen LogP contribution in [0, 0.1) is 5.21 Å². The zero-order valence-electron chi connectivity index (χ0n) is 20.9. The standard InChI is InChI=1S/C25H35N5O7/c31-23(32)17-27-8-3-7-26(16-22-21-5-2-1-4-20(21)6-9-30(22)37)10-12-28(18-24(33)34)14-15-29(13-11-27)19-25(35)36/h1-2,4-6,9H,3,7-8,10-19H2,(H,31,32)(H,33,34)(H,35,36). The molecule has 1 aliphatic rings. The third-order valence-electron chi connectivity index (χ3n) is 6.52. The molecule has 2 aromatic rings. The van der Waals surface area contributed by atoms with Crippen LogP contribution in [0.5, 0.6) is 0 Å². The fraction of sp³-hybridized carbons (Fsp3) is 0.520. The van der Waals surface area contributed by atoms with Crippen LogP contribution in [0.3, 0.4) is 0 Å². The van der Waals surface area contributed by atoms with Crippen molar-refractivity contribution in [2.75, 3.05) is 72.0 Å². The largest absolute Gasteiger partial charge is 0.618 e. The van der Waals surface area contributed by atoms with E-state index in [1.807, 2.05) is 24.3 Å².